The minimum absolute atomic E-state index is 0.249. The van der Waals surface area contributed by atoms with Crippen LogP contribution in [0.15, 0.2) is 0 Å². The van der Waals surface area contributed by atoms with Crippen molar-refractivity contribution in [3.05, 3.63) is 0 Å². The molecule has 96 valence electrons. The van der Waals surface area contributed by atoms with Gasteiger partial charge in [-0.2, -0.15) is 5.26 Å². The van der Waals surface area contributed by atoms with E-state index in [1.807, 2.05) is 19.9 Å². The van der Waals surface area contributed by atoms with Gasteiger partial charge < -0.3 is 10.6 Å². The largest absolute Gasteiger partial charge is 0.345 e. The van der Waals surface area contributed by atoms with E-state index in [2.05, 4.69) is 10.6 Å². The number of hydrogen-bond acceptors (Lipinski definition) is 3. The molecule has 0 aromatic heterocycles. The summed E-state index contributed by atoms with van der Waals surface area (Å²) in [5.41, 5.74) is -0.926. The maximum atomic E-state index is 11.9. The topological polar surface area (TPSA) is 82.0 Å². The molecule has 1 atom stereocenters. The van der Waals surface area contributed by atoms with Crippen molar-refractivity contribution in [2.45, 2.75) is 52.6 Å². The van der Waals surface area contributed by atoms with Crippen molar-refractivity contribution >= 4 is 11.8 Å². The van der Waals surface area contributed by atoms with Crippen molar-refractivity contribution in [1.29, 1.82) is 5.26 Å². The maximum Gasteiger partial charge on any atom is 0.243 e. The summed E-state index contributed by atoms with van der Waals surface area (Å²) in [7, 11) is 0. The van der Waals surface area contributed by atoms with Crippen LogP contribution >= 0.6 is 0 Å². The summed E-state index contributed by atoms with van der Waals surface area (Å²) in [5, 5.41) is 14.0. The van der Waals surface area contributed by atoms with Crippen molar-refractivity contribution < 1.29 is 9.59 Å². The van der Waals surface area contributed by atoms with Gasteiger partial charge in [-0.3, -0.25) is 9.59 Å². The lowest BCUT2D eigenvalue weighted by Crippen LogP contribution is -2.52. The molecule has 0 spiro atoms. The van der Waals surface area contributed by atoms with Crippen LogP contribution in [-0.4, -0.2) is 23.4 Å². The Morgan fingerprint density at radius 3 is 2.24 bits per heavy atom. The van der Waals surface area contributed by atoms with Crippen LogP contribution in [0.25, 0.3) is 0 Å². The average molecular weight is 239 g/mol. The van der Waals surface area contributed by atoms with E-state index in [1.54, 1.807) is 13.8 Å². The number of nitrogens with one attached hydrogen (secondary N) is 2. The van der Waals surface area contributed by atoms with E-state index in [9.17, 15) is 9.59 Å². The number of rotatable bonds is 5. The van der Waals surface area contributed by atoms with E-state index < -0.39 is 11.6 Å². The van der Waals surface area contributed by atoms with E-state index >= 15 is 0 Å². The minimum Gasteiger partial charge on any atom is -0.345 e. The molecule has 0 aromatic carbocycles. The Labute approximate surface area is 103 Å². The summed E-state index contributed by atoms with van der Waals surface area (Å²) in [5.74, 6) is -0.288. The Hall–Kier alpha value is -1.57. The van der Waals surface area contributed by atoms with E-state index in [1.165, 1.54) is 6.92 Å². The molecule has 2 amide bonds. The Kier molecular flexibility index (Phi) is 5.66. The van der Waals surface area contributed by atoms with E-state index in [4.69, 9.17) is 5.26 Å². The molecule has 0 aliphatic heterocycles. The molecule has 17 heavy (non-hydrogen) atoms. The molecule has 5 heteroatoms. The van der Waals surface area contributed by atoms with E-state index in [0.29, 0.717) is 6.42 Å². The molecular formula is C12H21N3O2. The normalized spacial score (nSPS) is 12.8. The molecular weight excluding hydrogens is 218 g/mol. The molecule has 2 N–H and O–H groups in total. The predicted octanol–water partition coefficient (Wildman–Crippen LogP) is 0.956. The Bertz CT molecular complexity index is 329. The lowest BCUT2D eigenvalue weighted by molar-refractivity contribution is -0.129. The Morgan fingerprint density at radius 1 is 1.35 bits per heavy atom. The monoisotopic (exact) mass is 239 g/mol. The van der Waals surface area contributed by atoms with Crippen LogP contribution in [0.3, 0.4) is 0 Å². The fourth-order valence-corrected chi connectivity index (χ4v) is 1.37. The SMILES string of the molecule is CC(=O)NC(CC(C)C)C(=O)NC(C)(C)C#N. The van der Waals surface area contributed by atoms with Gasteiger partial charge in [-0.05, 0) is 26.2 Å². The quantitative estimate of drug-likeness (QED) is 0.749. The Balaban J connectivity index is 4.64. The molecule has 0 saturated heterocycles. The van der Waals surface area contributed by atoms with Gasteiger partial charge in [0.25, 0.3) is 0 Å². The second kappa shape index (κ2) is 6.24. The van der Waals surface area contributed by atoms with Crippen LogP contribution < -0.4 is 10.6 Å². The molecule has 0 saturated carbocycles. The smallest absolute Gasteiger partial charge is 0.243 e. The molecule has 0 heterocycles. The van der Waals surface area contributed by atoms with Crippen LogP contribution in [0.1, 0.15) is 41.0 Å². The first-order chi connectivity index (χ1) is 7.68. The molecule has 5 nitrogen and oxygen atoms in total. The fraction of sp³-hybridized carbons (Fsp3) is 0.750. The average Bonchev–Trinajstić information content (AvgIpc) is 2.14. The lowest BCUT2D eigenvalue weighted by Gasteiger charge is -2.24. The highest BCUT2D eigenvalue weighted by atomic mass is 16.2. The maximum absolute atomic E-state index is 11.9. The third kappa shape index (κ3) is 6.56. The number of nitriles is 1. The molecule has 0 aromatic rings. The van der Waals surface area contributed by atoms with Crippen LogP contribution in [0.4, 0.5) is 0 Å². The summed E-state index contributed by atoms with van der Waals surface area (Å²) < 4.78 is 0. The molecule has 0 bridgehead atoms. The zero-order chi connectivity index (χ0) is 13.6. The summed E-state index contributed by atoms with van der Waals surface area (Å²) >= 11 is 0. The summed E-state index contributed by atoms with van der Waals surface area (Å²) in [6.45, 7) is 8.54. The molecule has 0 aliphatic rings. The first-order valence-electron chi connectivity index (χ1n) is 5.68. The van der Waals surface area contributed by atoms with Gasteiger partial charge in [0.15, 0.2) is 0 Å². The highest BCUT2D eigenvalue weighted by Gasteiger charge is 2.26. The van der Waals surface area contributed by atoms with Crippen molar-refractivity contribution in [3.8, 4) is 6.07 Å². The third-order valence-corrected chi connectivity index (χ3v) is 2.12. The second-order valence-electron chi connectivity index (χ2n) is 5.11. The standard InChI is InChI=1S/C12H21N3O2/c1-8(2)6-10(14-9(3)16)11(17)15-12(4,5)7-13/h8,10H,6H2,1-5H3,(H,14,16)(H,15,17). The number of hydrogen-bond donors (Lipinski definition) is 2. The molecule has 0 rings (SSSR count). The lowest BCUT2D eigenvalue weighted by atomic mass is 10.0. The minimum atomic E-state index is -0.926. The summed E-state index contributed by atoms with van der Waals surface area (Å²) in [6.07, 6.45) is 0.549. The van der Waals surface area contributed by atoms with Gasteiger partial charge in [0.1, 0.15) is 11.6 Å². The molecule has 0 fully saturated rings. The number of nitrogens with zero attached hydrogens (tertiary/aromatic N) is 1. The highest BCUT2D eigenvalue weighted by molar-refractivity contribution is 5.87. The molecule has 1 unspecified atom stereocenters. The van der Waals surface area contributed by atoms with Crippen LogP contribution in [-0.2, 0) is 9.59 Å². The molecule has 0 aliphatic carbocycles. The van der Waals surface area contributed by atoms with Crippen LogP contribution in [0.2, 0.25) is 0 Å². The Morgan fingerprint density at radius 2 is 1.88 bits per heavy atom. The van der Waals surface area contributed by atoms with Gasteiger partial charge >= 0.3 is 0 Å². The fourth-order valence-electron chi connectivity index (χ4n) is 1.37. The van der Waals surface area contributed by atoms with Gasteiger partial charge in [-0.25, -0.2) is 0 Å². The number of carbonyl (C=O) groups excluding carboxylic acids is 2. The van der Waals surface area contributed by atoms with Crippen LogP contribution in [0, 0.1) is 17.2 Å². The van der Waals surface area contributed by atoms with Crippen LogP contribution in [0.5, 0.6) is 0 Å². The molecule has 0 radical (unpaired) electrons. The van der Waals surface area contributed by atoms with Crippen molar-refractivity contribution in [2.24, 2.45) is 5.92 Å². The van der Waals surface area contributed by atoms with Gasteiger partial charge in [0, 0.05) is 6.92 Å². The van der Waals surface area contributed by atoms with E-state index in [-0.39, 0.29) is 17.7 Å². The zero-order valence-electron chi connectivity index (χ0n) is 11.1. The summed E-state index contributed by atoms with van der Waals surface area (Å²) in [6, 6.07) is 1.41. The first kappa shape index (κ1) is 15.4. The highest BCUT2D eigenvalue weighted by Crippen LogP contribution is 2.07. The van der Waals surface area contributed by atoms with E-state index in [0.717, 1.165) is 0 Å². The van der Waals surface area contributed by atoms with Crippen molar-refractivity contribution in [1.82, 2.24) is 10.6 Å². The number of amides is 2. The number of carbonyl (C=O) groups is 2. The predicted molar refractivity (Wildman–Crippen MR) is 64.9 cm³/mol. The van der Waals surface area contributed by atoms with Gasteiger partial charge in [0.05, 0.1) is 6.07 Å². The van der Waals surface area contributed by atoms with Crippen molar-refractivity contribution in [2.75, 3.05) is 0 Å². The van der Waals surface area contributed by atoms with Gasteiger partial charge in [-0.1, -0.05) is 13.8 Å². The zero-order valence-corrected chi connectivity index (χ0v) is 11.1. The first-order valence-corrected chi connectivity index (χ1v) is 5.68. The second-order valence-corrected chi connectivity index (χ2v) is 5.11. The third-order valence-electron chi connectivity index (χ3n) is 2.12. The van der Waals surface area contributed by atoms with Crippen molar-refractivity contribution in [3.63, 3.8) is 0 Å². The van der Waals surface area contributed by atoms with Gasteiger partial charge in [0.2, 0.25) is 11.8 Å². The van der Waals surface area contributed by atoms with Gasteiger partial charge in [-0.15, -0.1) is 0 Å². The summed E-state index contributed by atoms with van der Waals surface area (Å²) in [4.78, 5) is 22.9.